The minimum atomic E-state index is -0.815. The van der Waals surface area contributed by atoms with Crippen molar-refractivity contribution in [3.8, 4) is 5.75 Å². The number of ketones is 1. The summed E-state index contributed by atoms with van der Waals surface area (Å²) in [7, 11) is 0. The minimum absolute atomic E-state index is 0.0297. The number of aryl methyl sites for hydroxylation is 1. The monoisotopic (exact) mass is 447 g/mol. The number of carbonyl (C=O) groups excluding carboxylic acids is 2. The van der Waals surface area contributed by atoms with Crippen molar-refractivity contribution in [3.05, 3.63) is 100 Å². The lowest BCUT2D eigenvalue weighted by molar-refractivity contribution is -0.132. The number of amides is 1. The van der Waals surface area contributed by atoms with Gasteiger partial charge in [0, 0.05) is 16.3 Å². The number of hydrogen-bond acceptors (Lipinski definition) is 4. The molecule has 1 aliphatic rings. The first-order valence-electron chi connectivity index (χ1n) is 10.3. The van der Waals surface area contributed by atoms with E-state index in [0.29, 0.717) is 34.2 Å². The van der Waals surface area contributed by atoms with Crippen LogP contribution in [0.25, 0.3) is 5.76 Å². The van der Waals surface area contributed by atoms with Crippen LogP contribution < -0.4 is 9.64 Å². The van der Waals surface area contributed by atoms with Gasteiger partial charge in [-0.3, -0.25) is 14.5 Å². The van der Waals surface area contributed by atoms with Crippen LogP contribution in [0, 0.1) is 6.92 Å². The Morgan fingerprint density at radius 3 is 2.34 bits per heavy atom. The van der Waals surface area contributed by atoms with E-state index in [1.54, 1.807) is 66.7 Å². The normalized spacial score (nSPS) is 17.6. The molecule has 1 fully saturated rings. The number of rotatable bonds is 5. The van der Waals surface area contributed by atoms with Gasteiger partial charge in [0.05, 0.1) is 18.2 Å². The zero-order chi connectivity index (χ0) is 22.8. The number of hydrogen-bond donors (Lipinski definition) is 1. The Balaban J connectivity index is 1.91. The number of Topliss-reactive ketones (excluding diaryl/α,β-unsaturated/α-hetero) is 1. The van der Waals surface area contributed by atoms with Crippen LogP contribution in [0.4, 0.5) is 5.69 Å². The highest BCUT2D eigenvalue weighted by Crippen LogP contribution is 2.43. The highest BCUT2D eigenvalue weighted by atomic mass is 35.5. The Hall–Kier alpha value is -3.57. The second kappa shape index (κ2) is 8.89. The number of halogens is 1. The van der Waals surface area contributed by atoms with E-state index in [9.17, 15) is 14.7 Å². The topological polar surface area (TPSA) is 66.8 Å². The summed E-state index contributed by atoms with van der Waals surface area (Å²) < 4.78 is 5.52. The largest absolute Gasteiger partial charge is 0.507 e. The van der Waals surface area contributed by atoms with Crippen LogP contribution in [0.3, 0.4) is 0 Å². The smallest absolute Gasteiger partial charge is 0.300 e. The molecule has 3 aromatic rings. The quantitative estimate of drug-likeness (QED) is 0.310. The molecule has 0 spiro atoms. The number of aliphatic hydroxyl groups excluding tert-OH is 1. The molecule has 5 nitrogen and oxygen atoms in total. The van der Waals surface area contributed by atoms with Crippen LogP contribution in [0.2, 0.25) is 5.02 Å². The van der Waals surface area contributed by atoms with Gasteiger partial charge in [0.1, 0.15) is 11.5 Å². The summed E-state index contributed by atoms with van der Waals surface area (Å²) in [6.07, 6.45) is 0. The number of aliphatic hydroxyl groups is 1. The van der Waals surface area contributed by atoms with E-state index in [2.05, 4.69) is 0 Å². The summed E-state index contributed by atoms with van der Waals surface area (Å²) >= 11 is 6.32. The Morgan fingerprint density at radius 1 is 1.03 bits per heavy atom. The number of anilines is 1. The molecule has 162 valence electrons. The molecule has 0 aromatic heterocycles. The molecule has 1 heterocycles. The summed E-state index contributed by atoms with van der Waals surface area (Å²) in [5.74, 6) is -1.01. The molecule has 32 heavy (non-hydrogen) atoms. The van der Waals surface area contributed by atoms with E-state index in [0.717, 1.165) is 5.56 Å². The van der Waals surface area contributed by atoms with E-state index in [1.165, 1.54) is 4.90 Å². The summed E-state index contributed by atoms with van der Waals surface area (Å²) in [5, 5.41) is 11.6. The Bertz CT molecular complexity index is 1200. The van der Waals surface area contributed by atoms with Gasteiger partial charge in [-0.2, -0.15) is 0 Å². The van der Waals surface area contributed by atoms with Crippen molar-refractivity contribution < 1.29 is 19.4 Å². The summed E-state index contributed by atoms with van der Waals surface area (Å²) in [5.41, 5.74) is 2.50. The molecule has 6 heteroatoms. The molecule has 3 aromatic carbocycles. The van der Waals surface area contributed by atoms with E-state index >= 15 is 0 Å². The van der Waals surface area contributed by atoms with Gasteiger partial charge in [0.2, 0.25) is 0 Å². The molecule has 0 unspecified atom stereocenters. The molecule has 0 bridgehead atoms. The van der Waals surface area contributed by atoms with Gasteiger partial charge in [-0.05, 0) is 49.2 Å². The van der Waals surface area contributed by atoms with Crippen molar-refractivity contribution in [2.24, 2.45) is 0 Å². The zero-order valence-electron chi connectivity index (χ0n) is 17.7. The van der Waals surface area contributed by atoms with Crippen LogP contribution in [0.15, 0.2) is 78.4 Å². The molecule has 0 radical (unpaired) electrons. The first-order valence-corrected chi connectivity index (χ1v) is 10.7. The second-order valence-corrected chi connectivity index (χ2v) is 7.88. The van der Waals surface area contributed by atoms with Gasteiger partial charge in [0.25, 0.3) is 11.7 Å². The van der Waals surface area contributed by atoms with E-state index < -0.39 is 17.7 Å². The SMILES string of the molecule is CCOc1ccc([C@H]2/C(=C(\O)c3ccccc3)C(=O)C(=O)N2c2ccc(C)c(Cl)c2)cc1. The van der Waals surface area contributed by atoms with Crippen molar-refractivity contribution >= 4 is 34.7 Å². The summed E-state index contributed by atoms with van der Waals surface area (Å²) in [6, 6.07) is 20.3. The van der Waals surface area contributed by atoms with Gasteiger partial charge >= 0.3 is 0 Å². The van der Waals surface area contributed by atoms with E-state index in [-0.39, 0.29) is 11.3 Å². The molecular weight excluding hydrogens is 426 g/mol. The van der Waals surface area contributed by atoms with Crippen molar-refractivity contribution in [2.75, 3.05) is 11.5 Å². The Morgan fingerprint density at radius 2 is 1.72 bits per heavy atom. The molecule has 1 amide bonds. The Kier molecular flexibility index (Phi) is 6.01. The van der Waals surface area contributed by atoms with Crippen LogP contribution in [-0.4, -0.2) is 23.4 Å². The number of ether oxygens (including phenoxy) is 1. The Labute approximate surface area is 191 Å². The van der Waals surface area contributed by atoms with E-state index in [4.69, 9.17) is 16.3 Å². The molecule has 1 N–H and O–H groups in total. The molecule has 1 saturated heterocycles. The van der Waals surface area contributed by atoms with Gasteiger partial charge in [-0.15, -0.1) is 0 Å². The first kappa shape index (κ1) is 21.7. The maximum Gasteiger partial charge on any atom is 0.300 e. The highest BCUT2D eigenvalue weighted by molar-refractivity contribution is 6.51. The fourth-order valence-electron chi connectivity index (χ4n) is 3.81. The van der Waals surface area contributed by atoms with Crippen molar-refractivity contribution in [1.29, 1.82) is 0 Å². The summed E-state index contributed by atoms with van der Waals surface area (Å²) in [4.78, 5) is 27.7. The predicted molar refractivity (Wildman–Crippen MR) is 125 cm³/mol. The molecule has 0 saturated carbocycles. The van der Waals surface area contributed by atoms with Crippen LogP contribution in [0.1, 0.15) is 29.7 Å². The first-order chi connectivity index (χ1) is 15.4. The number of benzene rings is 3. The molecule has 0 aliphatic carbocycles. The maximum absolute atomic E-state index is 13.2. The van der Waals surface area contributed by atoms with Gasteiger partial charge < -0.3 is 9.84 Å². The average Bonchev–Trinajstić information content (AvgIpc) is 3.07. The summed E-state index contributed by atoms with van der Waals surface area (Å²) in [6.45, 7) is 4.27. The van der Waals surface area contributed by atoms with Crippen LogP contribution in [-0.2, 0) is 9.59 Å². The third-order valence-corrected chi connectivity index (χ3v) is 5.84. The minimum Gasteiger partial charge on any atom is -0.507 e. The van der Waals surface area contributed by atoms with Gasteiger partial charge in [0.15, 0.2) is 0 Å². The van der Waals surface area contributed by atoms with Crippen LogP contribution in [0.5, 0.6) is 5.75 Å². The average molecular weight is 448 g/mol. The van der Waals surface area contributed by atoms with Crippen molar-refractivity contribution in [2.45, 2.75) is 19.9 Å². The van der Waals surface area contributed by atoms with Crippen molar-refractivity contribution in [1.82, 2.24) is 0 Å². The number of carbonyl (C=O) groups is 2. The van der Waals surface area contributed by atoms with E-state index in [1.807, 2.05) is 19.9 Å². The second-order valence-electron chi connectivity index (χ2n) is 7.47. The number of nitrogens with zero attached hydrogens (tertiary/aromatic N) is 1. The van der Waals surface area contributed by atoms with Gasteiger partial charge in [-0.1, -0.05) is 60.1 Å². The molecule has 4 rings (SSSR count). The fourth-order valence-corrected chi connectivity index (χ4v) is 3.99. The van der Waals surface area contributed by atoms with Crippen LogP contribution >= 0.6 is 11.6 Å². The molecular formula is C26H22ClNO4. The molecule has 1 aliphatic heterocycles. The third-order valence-electron chi connectivity index (χ3n) is 5.43. The lowest BCUT2D eigenvalue weighted by Crippen LogP contribution is -2.29. The van der Waals surface area contributed by atoms with Gasteiger partial charge in [-0.25, -0.2) is 0 Å². The predicted octanol–water partition coefficient (Wildman–Crippen LogP) is 5.67. The molecule has 1 atom stereocenters. The van der Waals surface area contributed by atoms with Crippen molar-refractivity contribution in [3.63, 3.8) is 0 Å². The third kappa shape index (κ3) is 3.87. The fraction of sp³-hybridized carbons (Fsp3) is 0.154. The lowest BCUT2D eigenvalue weighted by atomic mass is 9.95. The zero-order valence-corrected chi connectivity index (χ0v) is 18.5. The lowest BCUT2D eigenvalue weighted by Gasteiger charge is -2.26. The maximum atomic E-state index is 13.2. The highest BCUT2D eigenvalue weighted by Gasteiger charge is 2.47. The standard InChI is InChI=1S/C26H22ClNO4/c1-3-32-20-13-10-17(11-14-20)23-22(24(29)18-7-5-4-6-8-18)25(30)26(31)28(23)19-12-9-16(2)21(27)15-19/h4-15,23,29H,3H2,1-2H3/b24-22+/t23-/m0/s1.